The molecule has 1 saturated carbocycles. The molecule has 1 aromatic heterocycles. The van der Waals surface area contributed by atoms with E-state index in [-0.39, 0.29) is 5.54 Å². The van der Waals surface area contributed by atoms with E-state index in [1.54, 1.807) is 6.20 Å². The average Bonchev–Trinajstić information content (AvgIpc) is 2.70. The van der Waals surface area contributed by atoms with E-state index in [9.17, 15) is 0 Å². The minimum absolute atomic E-state index is 0.126. The Morgan fingerprint density at radius 2 is 2.12 bits per heavy atom. The van der Waals surface area contributed by atoms with Gasteiger partial charge in [-0.05, 0) is 26.7 Å². The van der Waals surface area contributed by atoms with Crippen LogP contribution in [0, 0.1) is 0 Å². The SMILES string of the molecule is CCNc1ncc(Cl)c(NC2(C)CCCC2)n1. The van der Waals surface area contributed by atoms with E-state index < -0.39 is 0 Å². The van der Waals surface area contributed by atoms with Crippen molar-refractivity contribution in [2.24, 2.45) is 0 Å². The van der Waals surface area contributed by atoms with Gasteiger partial charge in [-0.15, -0.1) is 0 Å². The van der Waals surface area contributed by atoms with Crippen LogP contribution in [0.3, 0.4) is 0 Å². The number of halogens is 1. The van der Waals surface area contributed by atoms with Gasteiger partial charge in [-0.25, -0.2) is 4.98 Å². The summed E-state index contributed by atoms with van der Waals surface area (Å²) in [6.07, 6.45) is 6.53. The molecule has 0 atom stereocenters. The molecule has 0 radical (unpaired) electrons. The topological polar surface area (TPSA) is 49.8 Å². The summed E-state index contributed by atoms with van der Waals surface area (Å²) in [5.41, 5.74) is 0.126. The second-order valence-corrected chi connectivity index (χ2v) is 5.22. The first-order chi connectivity index (χ1) is 8.13. The van der Waals surface area contributed by atoms with Crippen molar-refractivity contribution in [1.82, 2.24) is 9.97 Å². The second-order valence-electron chi connectivity index (χ2n) is 4.81. The van der Waals surface area contributed by atoms with Crippen LogP contribution in [0.2, 0.25) is 5.02 Å². The van der Waals surface area contributed by atoms with Gasteiger partial charge in [0.25, 0.3) is 0 Å². The van der Waals surface area contributed by atoms with E-state index in [4.69, 9.17) is 11.6 Å². The van der Waals surface area contributed by atoms with E-state index in [1.807, 2.05) is 6.92 Å². The van der Waals surface area contributed by atoms with Crippen molar-refractivity contribution < 1.29 is 0 Å². The lowest BCUT2D eigenvalue weighted by Crippen LogP contribution is -2.31. The Labute approximate surface area is 107 Å². The quantitative estimate of drug-likeness (QED) is 0.866. The predicted octanol–water partition coefficient (Wildman–Crippen LogP) is 3.31. The van der Waals surface area contributed by atoms with Gasteiger partial charge in [0.1, 0.15) is 5.02 Å². The van der Waals surface area contributed by atoms with Gasteiger partial charge in [0.15, 0.2) is 5.82 Å². The largest absolute Gasteiger partial charge is 0.364 e. The summed E-state index contributed by atoms with van der Waals surface area (Å²) >= 11 is 6.12. The number of nitrogens with one attached hydrogen (secondary N) is 2. The lowest BCUT2D eigenvalue weighted by atomic mass is 10.0. The Kier molecular flexibility index (Phi) is 3.72. The molecule has 1 heterocycles. The van der Waals surface area contributed by atoms with Crippen molar-refractivity contribution in [2.75, 3.05) is 17.2 Å². The van der Waals surface area contributed by atoms with Gasteiger partial charge in [0.2, 0.25) is 5.95 Å². The minimum Gasteiger partial charge on any atom is -0.364 e. The fourth-order valence-electron chi connectivity index (χ4n) is 2.26. The van der Waals surface area contributed by atoms with E-state index >= 15 is 0 Å². The van der Waals surface area contributed by atoms with Gasteiger partial charge < -0.3 is 10.6 Å². The van der Waals surface area contributed by atoms with E-state index in [0.29, 0.717) is 11.0 Å². The van der Waals surface area contributed by atoms with Crippen molar-refractivity contribution in [2.45, 2.75) is 45.1 Å². The van der Waals surface area contributed by atoms with Crippen LogP contribution < -0.4 is 10.6 Å². The number of hydrogen-bond acceptors (Lipinski definition) is 4. The highest BCUT2D eigenvalue weighted by Gasteiger charge is 2.29. The molecule has 0 unspecified atom stereocenters. The normalized spacial score (nSPS) is 18.1. The first-order valence-electron chi connectivity index (χ1n) is 6.17. The van der Waals surface area contributed by atoms with Crippen LogP contribution in [-0.4, -0.2) is 22.1 Å². The van der Waals surface area contributed by atoms with Crippen LogP contribution in [0.25, 0.3) is 0 Å². The monoisotopic (exact) mass is 254 g/mol. The maximum absolute atomic E-state index is 6.12. The molecule has 1 aliphatic carbocycles. The summed E-state index contributed by atoms with van der Waals surface area (Å²) in [7, 11) is 0. The second kappa shape index (κ2) is 5.08. The zero-order valence-electron chi connectivity index (χ0n) is 10.4. The minimum atomic E-state index is 0.126. The van der Waals surface area contributed by atoms with Crippen molar-refractivity contribution in [3.8, 4) is 0 Å². The molecule has 1 aromatic rings. The number of nitrogens with zero attached hydrogens (tertiary/aromatic N) is 2. The molecule has 4 nitrogen and oxygen atoms in total. The highest BCUT2D eigenvalue weighted by molar-refractivity contribution is 6.32. The van der Waals surface area contributed by atoms with Crippen LogP contribution in [0.5, 0.6) is 0 Å². The summed E-state index contributed by atoms with van der Waals surface area (Å²) in [4.78, 5) is 8.54. The molecule has 2 rings (SSSR count). The summed E-state index contributed by atoms with van der Waals surface area (Å²) in [5.74, 6) is 1.36. The smallest absolute Gasteiger partial charge is 0.224 e. The Morgan fingerprint density at radius 1 is 1.41 bits per heavy atom. The maximum Gasteiger partial charge on any atom is 0.224 e. The standard InChI is InChI=1S/C12H19ClN4/c1-3-14-11-15-8-9(13)10(16-11)17-12(2)6-4-5-7-12/h8H,3-7H2,1-2H3,(H2,14,15,16,17). The summed E-state index contributed by atoms with van der Waals surface area (Å²) < 4.78 is 0. The van der Waals surface area contributed by atoms with Crippen LogP contribution >= 0.6 is 11.6 Å². The van der Waals surface area contributed by atoms with Gasteiger partial charge >= 0.3 is 0 Å². The zero-order chi connectivity index (χ0) is 12.3. The van der Waals surface area contributed by atoms with Crippen molar-refractivity contribution in [3.63, 3.8) is 0 Å². The highest BCUT2D eigenvalue weighted by atomic mass is 35.5. The summed E-state index contributed by atoms with van der Waals surface area (Å²) in [6, 6.07) is 0. The third-order valence-electron chi connectivity index (χ3n) is 3.21. The van der Waals surface area contributed by atoms with E-state index in [2.05, 4.69) is 27.5 Å². The highest BCUT2D eigenvalue weighted by Crippen LogP contribution is 2.34. The molecule has 1 aliphatic rings. The number of aromatic nitrogens is 2. The Hall–Kier alpha value is -1.03. The van der Waals surface area contributed by atoms with E-state index in [1.165, 1.54) is 25.7 Å². The van der Waals surface area contributed by atoms with Gasteiger partial charge in [0, 0.05) is 12.1 Å². The Balaban J connectivity index is 2.16. The summed E-state index contributed by atoms with van der Waals surface area (Å²) in [5, 5.41) is 7.14. The summed E-state index contributed by atoms with van der Waals surface area (Å²) in [6.45, 7) is 5.05. The maximum atomic E-state index is 6.12. The Bertz CT molecular complexity index is 388. The molecular formula is C12H19ClN4. The van der Waals surface area contributed by atoms with Crippen LogP contribution in [0.1, 0.15) is 39.5 Å². The van der Waals surface area contributed by atoms with Gasteiger partial charge in [-0.2, -0.15) is 4.98 Å². The van der Waals surface area contributed by atoms with Gasteiger partial charge in [0.05, 0.1) is 6.20 Å². The van der Waals surface area contributed by atoms with Crippen LogP contribution in [0.4, 0.5) is 11.8 Å². The molecule has 1 fully saturated rings. The molecule has 94 valence electrons. The fraction of sp³-hybridized carbons (Fsp3) is 0.667. The Morgan fingerprint density at radius 3 is 2.76 bits per heavy atom. The molecule has 0 bridgehead atoms. The average molecular weight is 255 g/mol. The zero-order valence-corrected chi connectivity index (χ0v) is 11.1. The van der Waals surface area contributed by atoms with Crippen LogP contribution in [-0.2, 0) is 0 Å². The molecule has 2 N–H and O–H groups in total. The fourth-order valence-corrected chi connectivity index (χ4v) is 2.40. The molecular weight excluding hydrogens is 236 g/mol. The van der Waals surface area contributed by atoms with Gasteiger partial charge in [-0.1, -0.05) is 24.4 Å². The molecule has 17 heavy (non-hydrogen) atoms. The third-order valence-corrected chi connectivity index (χ3v) is 3.48. The van der Waals surface area contributed by atoms with E-state index in [0.717, 1.165) is 12.4 Å². The molecule has 0 amide bonds. The first-order valence-corrected chi connectivity index (χ1v) is 6.55. The van der Waals surface area contributed by atoms with Gasteiger partial charge in [-0.3, -0.25) is 0 Å². The number of anilines is 2. The third kappa shape index (κ3) is 3.00. The predicted molar refractivity (Wildman–Crippen MR) is 71.7 cm³/mol. The van der Waals surface area contributed by atoms with Crippen molar-refractivity contribution in [3.05, 3.63) is 11.2 Å². The lowest BCUT2D eigenvalue weighted by molar-refractivity contribution is 0.531. The molecule has 0 spiro atoms. The first kappa shape index (κ1) is 12.4. The molecule has 0 saturated heterocycles. The molecule has 5 heteroatoms. The molecule has 0 aromatic carbocycles. The molecule has 0 aliphatic heterocycles. The van der Waals surface area contributed by atoms with Crippen molar-refractivity contribution >= 4 is 23.4 Å². The number of rotatable bonds is 4. The number of hydrogen-bond donors (Lipinski definition) is 2. The van der Waals surface area contributed by atoms with Crippen LogP contribution in [0.15, 0.2) is 6.20 Å². The van der Waals surface area contributed by atoms with Crippen molar-refractivity contribution in [1.29, 1.82) is 0 Å². The lowest BCUT2D eigenvalue weighted by Gasteiger charge is -2.26.